The molecular formula is C23H23FN6O. The van der Waals surface area contributed by atoms with Gasteiger partial charge in [-0.2, -0.15) is 4.98 Å². The second-order valence-electron chi connectivity index (χ2n) is 9.04. The minimum absolute atomic E-state index is 0.0187. The van der Waals surface area contributed by atoms with Crippen molar-refractivity contribution in [2.45, 2.75) is 37.9 Å². The molecule has 0 saturated heterocycles. The molecule has 7 rings (SSSR count). The summed E-state index contributed by atoms with van der Waals surface area (Å²) in [6.45, 7) is 2.24. The minimum Gasteiger partial charge on any atom is -0.340 e. The molecule has 3 fully saturated rings. The first-order chi connectivity index (χ1) is 14.9. The lowest BCUT2D eigenvalue weighted by Gasteiger charge is -2.50. The van der Waals surface area contributed by atoms with Gasteiger partial charge in [-0.3, -0.25) is 9.78 Å². The molecule has 3 aromatic rings. The van der Waals surface area contributed by atoms with Gasteiger partial charge in [0.05, 0.1) is 18.3 Å². The molecule has 1 aliphatic heterocycles. The van der Waals surface area contributed by atoms with E-state index in [1.807, 2.05) is 36.1 Å². The highest BCUT2D eigenvalue weighted by Crippen LogP contribution is 2.58. The molecule has 2 bridgehead atoms. The molecule has 2 aromatic heterocycles. The third kappa shape index (κ3) is 2.70. The lowest BCUT2D eigenvalue weighted by atomic mass is 9.75. The molecule has 3 heterocycles. The van der Waals surface area contributed by atoms with Gasteiger partial charge in [-0.1, -0.05) is 6.07 Å². The van der Waals surface area contributed by atoms with Crippen molar-refractivity contribution in [2.24, 2.45) is 5.92 Å². The largest absolute Gasteiger partial charge is 0.340 e. The van der Waals surface area contributed by atoms with E-state index in [0.29, 0.717) is 23.9 Å². The highest BCUT2D eigenvalue weighted by Gasteiger charge is 2.61. The second-order valence-corrected chi connectivity index (χ2v) is 9.04. The van der Waals surface area contributed by atoms with Crippen LogP contribution in [0, 0.1) is 12.8 Å². The van der Waals surface area contributed by atoms with E-state index in [-0.39, 0.29) is 23.9 Å². The molecule has 0 spiro atoms. The number of benzene rings is 1. The van der Waals surface area contributed by atoms with Gasteiger partial charge in [-0.15, -0.1) is 0 Å². The number of rotatable bonds is 3. The maximum atomic E-state index is 14.3. The van der Waals surface area contributed by atoms with Crippen LogP contribution in [0.1, 0.15) is 24.8 Å². The Bertz CT molecular complexity index is 1220. The van der Waals surface area contributed by atoms with Gasteiger partial charge in [-0.25, -0.2) is 9.37 Å². The zero-order valence-electron chi connectivity index (χ0n) is 17.5. The number of alkyl halides is 1. The molecule has 31 heavy (non-hydrogen) atoms. The van der Waals surface area contributed by atoms with E-state index in [1.54, 1.807) is 24.3 Å². The second kappa shape index (κ2) is 6.35. The highest BCUT2D eigenvalue weighted by atomic mass is 19.1. The fraction of sp³-hybridized carbons (Fsp3) is 0.391. The number of hydrogen-bond donors (Lipinski definition) is 1. The number of halogens is 1. The number of fused-ring (bicyclic) bond motifs is 3. The number of aromatic nitrogens is 3. The number of carbonyl (C=O) groups is 1. The standard InChI is InChI=1S/C23H23FN6O/c1-13-6-18-14(4-3-5-25-18)7-17(13)27-22-26-11-19-21(28-22)30(12-20(31)29(19)2)23-8-15(9-23)16(24)10-23/h3-7,11,15-16H,8-10,12H2,1-2H3,(H,26,27,28). The van der Waals surface area contributed by atoms with Crippen molar-refractivity contribution in [3.8, 4) is 0 Å². The van der Waals surface area contributed by atoms with Gasteiger partial charge in [0, 0.05) is 36.3 Å². The Morgan fingerprint density at radius 2 is 2.06 bits per heavy atom. The van der Waals surface area contributed by atoms with E-state index >= 15 is 0 Å². The van der Waals surface area contributed by atoms with E-state index in [2.05, 4.69) is 15.3 Å². The highest BCUT2D eigenvalue weighted by molar-refractivity contribution is 6.02. The van der Waals surface area contributed by atoms with Crippen LogP contribution in [0.4, 0.5) is 27.5 Å². The summed E-state index contributed by atoms with van der Waals surface area (Å²) in [5, 5.41) is 4.36. The summed E-state index contributed by atoms with van der Waals surface area (Å²) in [7, 11) is 1.74. The van der Waals surface area contributed by atoms with Crippen LogP contribution in [0.15, 0.2) is 36.7 Å². The van der Waals surface area contributed by atoms with Gasteiger partial charge < -0.3 is 15.1 Å². The average Bonchev–Trinajstić information content (AvgIpc) is 3.24. The molecule has 1 unspecified atom stereocenters. The fourth-order valence-corrected chi connectivity index (χ4v) is 5.38. The Labute approximate surface area is 179 Å². The molecule has 3 aliphatic carbocycles. The maximum absolute atomic E-state index is 14.3. The van der Waals surface area contributed by atoms with Crippen molar-refractivity contribution in [3.63, 3.8) is 0 Å². The van der Waals surface area contributed by atoms with Gasteiger partial charge >= 0.3 is 0 Å². The molecule has 4 aliphatic rings. The molecule has 0 radical (unpaired) electrons. The molecule has 1 N–H and O–H groups in total. The number of anilines is 4. The van der Waals surface area contributed by atoms with E-state index in [4.69, 9.17) is 4.98 Å². The van der Waals surface area contributed by atoms with E-state index in [0.717, 1.165) is 35.0 Å². The molecule has 1 amide bonds. The van der Waals surface area contributed by atoms with E-state index in [9.17, 15) is 9.18 Å². The fourth-order valence-electron chi connectivity index (χ4n) is 5.38. The summed E-state index contributed by atoms with van der Waals surface area (Å²) in [5.41, 5.74) is 3.24. The summed E-state index contributed by atoms with van der Waals surface area (Å²) < 4.78 is 14.3. The number of carbonyl (C=O) groups excluding carboxylic acids is 1. The molecule has 3 saturated carbocycles. The topological polar surface area (TPSA) is 74.2 Å². The predicted octanol–water partition coefficient (Wildman–Crippen LogP) is 3.75. The number of aryl methyl sites for hydroxylation is 1. The number of amides is 1. The van der Waals surface area contributed by atoms with Crippen LogP contribution < -0.4 is 15.1 Å². The van der Waals surface area contributed by atoms with Crippen molar-refractivity contribution < 1.29 is 9.18 Å². The van der Waals surface area contributed by atoms with Crippen molar-refractivity contribution in [2.75, 3.05) is 28.7 Å². The Kier molecular flexibility index (Phi) is 3.79. The van der Waals surface area contributed by atoms with Crippen LogP contribution in [0.25, 0.3) is 10.9 Å². The van der Waals surface area contributed by atoms with E-state index in [1.165, 1.54) is 0 Å². The van der Waals surface area contributed by atoms with Crippen LogP contribution in [0.2, 0.25) is 0 Å². The number of nitrogens with zero attached hydrogens (tertiary/aromatic N) is 5. The van der Waals surface area contributed by atoms with Gasteiger partial charge in [0.25, 0.3) is 0 Å². The molecule has 8 heteroatoms. The lowest BCUT2D eigenvalue weighted by Crippen LogP contribution is -2.58. The first-order valence-corrected chi connectivity index (χ1v) is 10.6. The van der Waals surface area contributed by atoms with Crippen LogP contribution >= 0.6 is 0 Å². The summed E-state index contributed by atoms with van der Waals surface area (Å²) in [6, 6.07) is 7.99. The van der Waals surface area contributed by atoms with Gasteiger partial charge in [0.1, 0.15) is 11.9 Å². The zero-order valence-corrected chi connectivity index (χ0v) is 17.5. The molecule has 1 atom stereocenters. The first kappa shape index (κ1) is 18.5. The Balaban J connectivity index is 1.39. The molecule has 7 nitrogen and oxygen atoms in total. The summed E-state index contributed by atoms with van der Waals surface area (Å²) >= 11 is 0. The number of pyridine rings is 1. The SMILES string of the molecule is Cc1cc2ncccc2cc1Nc1ncc2c(n1)N(C13CC(F)C(C1)C3)CC(=O)N2C. The Morgan fingerprint density at radius 3 is 2.84 bits per heavy atom. The number of nitrogens with one attached hydrogen (secondary N) is 1. The summed E-state index contributed by atoms with van der Waals surface area (Å²) in [6.07, 6.45) is 4.72. The normalized spacial score (nSPS) is 26.7. The number of likely N-dealkylation sites (N-methyl/N-ethyl adjacent to an activating group) is 1. The van der Waals surface area contributed by atoms with E-state index < -0.39 is 6.17 Å². The zero-order chi connectivity index (χ0) is 21.3. The van der Waals surface area contributed by atoms with Crippen LogP contribution in [0.3, 0.4) is 0 Å². The summed E-state index contributed by atoms with van der Waals surface area (Å²) in [4.78, 5) is 29.9. The maximum Gasteiger partial charge on any atom is 0.246 e. The van der Waals surface area contributed by atoms with Gasteiger partial charge in [-0.05, 0) is 49.4 Å². The van der Waals surface area contributed by atoms with Crippen LogP contribution in [0.5, 0.6) is 0 Å². The first-order valence-electron chi connectivity index (χ1n) is 10.6. The molecular weight excluding hydrogens is 395 g/mol. The average molecular weight is 418 g/mol. The smallest absolute Gasteiger partial charge is 0.246 e. The Hall–Kier alpha value is -3.29. The monoisotopic (exact) mass is 418 g/mol. The summed E-state index contributed by atoms with van der Waals surface area (Å²) in [5.74, 6) is 1.26. The number of hydrogen-bond acceptors (Lipinski definition) is 6. The molecule has 158 valence electrons. The van der Waals surface area contributed by atoms with Crippen molar-refractivity contribution >= 4 is 40.0 Å². The van der Waals surface area contributed by atoms with Crippen molar-refractivity contribution in [1.82, 2.24) is 15.0 Å². The quantitative estimate of drug-likeness (QED) is 0.698. The third-order valence-corrected chi connectivity index (χ3v) is 7.17. The van der Waals surface area contributed by atoms with Crippen molar-refractivity contribution in [3.05, 3.63) is 42.2 Å². The predicted molar refractivity (Wildman–Crippen MR) is 118 cm³/mol. The van der Waals surface area contributed by atoms with Gasteiger partial charge in [0.2, 0.25) is 11.9 Å². The molecule has 1 aromatic carbocycles. The van der Waals surface area contributed by atoms with Crippen LogP contribution in [-0.2, 0) is 4.79 Å². The lowest BCUT2D eigenvalue weighted by molar-refractivity contribution is -0.117. The van der Waals surface area contributed by atoms with Crippen molar-refractivity contribution in [1.29, 1.82) is 0 Å². The minimum atomic E-state index is -0.786. The third-order valence-electron chi connectivity index (χ3n) is 7.17. The Morgan fingerprint density at radius 1 is 1.23 bits per heavy atom. The van der Waals surface area contributed by atoms with Gasteiger partial charge in [0.15, 0.2) is 5.82 Å². The van der Waals surface area contributed by atoms with Crippen LogP contribution in [-0.4, -0.2) is 46.2 Å².